The first-order chi connectivity index (χ1) is 17.9. The highest BCUT2D eigenvalue weighted by atomic mass is 35.5. The third kappa shape index (κ3) is 5.95. The van der Waals surface area contributed by atoms with Crippen LogP contribution in [-0.4, -0.2) is 52.5 Å². The van der Waals surface area contributed by atoms with Crippen LogP contribution >= 0.6 is 23.2 Å². The summed E-state index contributed by atoms with van der Waals surface area (Å²) in [6.07, 6.45) is -4.74. The highest BCUT2D eigenvalue weighted by Gasteiger charge is 2.34. The molecule has 0 atom stereocenters. The lowest BCUT2D eigenvalue weighted by atomic mass is 10.1. The molecule has 4 rings (SSSR count). The number of carbonyl (C=O) groups is 1. The largest absolute Gasteiger partial charge is 0.495 e. The van der Waals surface area contributed by atoms with Gasteiger partial charge in [-0.05, 0) is 48.5 Å². The number of ether oxygens (including phenoxy) is 1. The number of halogens is 5. The van der Waals surface area contributed by atoms with Gasteiger partial charge in [0, 0.05) is 37.4 Å². The van der Waals surface area contributed by atoms with Gasteiger partial charge in [-0.25, -0.2) is 8.42 Å². The number of sulfonamides is 1. The molecule has 0 saturated carbocycles. The van der Waals surface area contributed by atoms with E-state index in [1.165, 1.54) is 24.3 Å². The van der Waals surface area contributed by atoms with Gasteiger partial charge in [-0.15, -0.1) is 0 Å². The van der Waals surface area contributed by atoms with Crippen LogP contribution in [0.5, 0.6) is 5.75 Å². The van der Waals surface area contributed by atoms with Crippen LogP contribution in [0.1, 0.15) is 15.9 Å². The van der Waals surface area contributed by atoms with Crippen molar-refractivity contribution in [2.75, 3.05) is 42.9 Å². The van der Waals surface area contributed by atoms with E-state index in [2.05, 4.69) is 9.62 Å². The zero-order chi connectivity index (χ0) is 27.7. The summed E-state index contributed by atoms with van der Waals surface area (Å²) in [4.78, 5) is 16.2. The van der Waals surface area contributed by atoms with Gasteiger partial charge in [0.15, 0.2) is 0 Å². The van der Waals surface area contributed by atoms with Crippen molar-refractivity contribution in [1.82, 2.24) is 4.90 Å². The molecule has 1 aliphatic rings. The number of piperazine rings is 1. The summed E-state index contributed by atoms with van der Waals surface area (Å²) in [6.45, 7) is 2.18. The molecular weight excluding hydrogens is 566 g/mol. The minimum Gasteiger partial charge on any atom is -0.495 e. The van der Waals surface area contributed by atoms with Gasteiger partial charge >= 0.3 is 6.18 Å². The Morgan fingerprint density at radius 3 is 2.08 bits per heavy atom. The van der Waals surface area contributed by atoms with Gasteiger partial charge in [0.05, 0.1) is 28.4 Å². The average Bonchev–Trinajstić information content (AvgIpc) is 2.87. The van der Waals surface area contributed by atoms with E-state index in [0.717, 1.165) is 11.4 Å². The van der Waals surface area contributed by atoms with Crippen molar-refractivity contribution < 1.29 is 31.1 Å². The van der Waals surface area contributed by atoms with Crippen LogP contribution in [0.15, 0.2) is 65.6 Å². The van der Waals surface area contributed by atoms with E-state index in [1.54, 1.807) is 12.0 Å². The monoisotopic (exact) mass is 587 g/mol. The molecule has 13 heteroatoms. The summed E-state index contributed by atoms with van der Waals surface area (Å²) in [5.41, 5.74) is 0.212. The van der Waals surface area contributed by atoms with Crippen molar-refractivity contribution in [3.05, 3.63) is 81.8 Å². The molecule has 7 nitrogen and oxygen atoms in total. The number of anilines is 2. The molecular formula is C25H22Cl2F3N3O4S. The van der Waals surface area contributed by atoms with Crippen LogP contribution in [0, 0.1) is 0 Å². The molecule has 0 aliphatic carbocycles. The normalized spacial score (nSPS) is 14.4. The smallest absolute Gasteiger partial charge is 0.416 e. The lowest BCUT2D eigenvalue weighted by Crippen LogP contribution is -2.48. The van der Waals surface area contributed by atoms with Gasteiger partial charge in [-0.3, -0.25) is 9.52 Å². The number of hydrogen-bond acceptors (Lipinski definition) is 5. The summed E-state index contributed by atoms with van der Waals surface area (Å²) in [7, 11) is -2.81. The second kappa shape index (κ2) is 10.9. The number of para-hydroxylation sites is 2. The van der Waals surface area contributed by atoms with E-state index < -0.39 is 36.7 Å². The fraction of sp³-hybridized carbons (Fsp3) is 0.240. The molecule has 38 heavy (non-hydrogen) atoms. The van der Waals surface area contributed by atoms with Crippen molar-refractivity contribution in [2.24, 2.45) is 0 Å². The van der Waals surface area contributed by atoms with E-state index in [1.807, 2.05) is 24.3 Å². The molecule has 0 aromatic heterocycles. The molecule has 0 radical (unpaired) electrons. The van der Waals surface area contributed by atoms with Crippen LogP contribution in [0.3, 0.4) is 0 Å². The number of rotatable bonds is 6. The Hall–Kier alpha value is -3.15. The molecule has 202 valence electrons. The Kier molecular flexibility index (Phi) is 8.01. The van der Waals surface area contributed by atoms with Gasteiger partial charge in [0.25, 0.3) is 15.9 Å². The fourth-order valence-corrected chi connectivity index (χ4v) is 6.37. The molecule has 0 unspecified atom stereocenters. The molecule has 1 fully saturated rings. The Balaban J connectivity index is 1.43. The number of methoxy groups -OCH3 is 1. The number of amides is 1. The van der Waals surface area contributed by atoms with E-state index in [9.17, 15) is 26.4 Å². The van der Waals surface area contributed by atoms with Crippen molar-refractivity contribution >= 4 is 50.5 Å². The van der Waals surface area contributed by atoms with Crippen LogP contribution in [0.2, 0.25) is 10.0 Å². The Bertz CT molecular complexity index is 1420. The predicted octanol–water partition coefficient (Wildman–Crippen LogP) is 5.78. The Labute approximate surface area is 227 Å². The van der Waals surface area contributed by atoms with Crippen LogP contribution in [0.4, 0.5) is 24.5 Å². The number of alkyl halides is 3. The minimum atomic E-state index is -4.74. The first kappa shape index (κ1) is 27.9. The zero-order valence-corrected chi connectivity index (χ0v) is 22.3. The molecule has 1 heterocycles. The summed E-state index contributed by atoms with van der Waals surface area (Å²) < 4.78 is 72.2. The van der Waals surface area contributed by atoms with Gasteiger partial charge in [-0.2, -0.15) is 13.2 Å². The summed E-state index contributed by atoms with van der Waals surface area (Å²) in [5, 5.41) is -1.34. The molecule has 3 aromatic rings. The molecule has 0 spiro atoms. The second-order valence-electron chi connectivity index (χ2n) is 8.40. The number of hydrogen-bond donors (Lipinski definition) is 1. The SMILES string of the molecule is COc1ccccc1N1CCN(C(=O)c2ccc(NS(=O)(=O)c3c(Cl)cc(C(F)(F)F)cc3Cl)cc2)CC1. The maximum Gasteiger partial charge on any atom is 0.416 e. The Morgan fingerprint density at radius 2 is 1.53 bits per heavy atom. The minimum absolute atomic E-state index is 0.0783. The lowest BCUT2D eigenvalue weighted by molar-refractivity contribution is -0.137. The van der Waals surface area contributed by atoms with Gasteiger partial charge in [0.1, 0.15) is 10.6 Å². The van der Waals surface area contributed by atoms with Crippen molar-refractivity contribution in [2.45, 2.75) is 11.1 Å². The molecule has 0 bridgehead atoms. The molecule has 1 N–H and O–H groups in total. The highest BCUT2D eigenvalue weighted by molar-refractivity contribution is 7.93. The maximum atomic E-state index is 13.0. The lowest BCUT2D eigenvalue weighted by Gasteiger charge is -2.36. The first-order valence-electron chi connectivity index (χ1n) is 11.3. The predicted molar refractivity (Wildman–Crippen MR) is 140 cm³/mol. The first-order valence-corrected chi connectivity index (χ1v) is 13.5. The number of carbonyl (C=O) groups excluding carboxylic acids is 1. The molecule has 3 aromatic carbocycles. The molecule has 1 aliphatic heterocycles. The van der Waals surface area contributed by atoms with Gasteiger partial charge in [-0.1, -0.05) is 35.3 Å². The van der Waals surface area contributed by atoms with Crippen LogP contribution in [0.25, 0.3) is 0 Å². The highest BCUT2D eigenvalue weighted by Crippen LogP contribution is 2.38. The van der Waals surface area contributed by atoms with E-state index in [4.69, 9.17) is 27.9 Å². The molecule has 1 saturated heterocycles. The van der Waals surface area contributed by atoms with Gasteiger partial charge < -0.3 is 14.5 Å². The maximum absolute atomic E-state index is 13.0. The summed E-state index contributed by atoms with van der Waals surface area (Å²) in [6, 6.07) is 14.3. The van der Waals surface area contributed by atoms with E-state index in [-0.39, 0.29) is 11.6 Å². The van der Waals surface area contributed by atoms with E-state index >= 15 is 0 Å². The van der Waals surface area contributed by atoms with Crippen molar-refractivity contribution in [3.63, 3.8) is 0 Å². The Morgan fingerprint density at radius 1 is 0.947 bits per heavy atom. The quantitative estimate of drug-likeness (QED) is 0.395. The third-order valence-corrected chi connectivity index (χ3v) is 8.27. The number of nitrogens with zero attached hydrogens (tertiary/aromatic N) is 2. The summed E-state index contributed by atoms with van der Waals surface area (Å²) >= 11 is 11.7. The van der Waals surface area contributed by atoms with Crippen LogP contribution in [-0.2, 0) is 16.2 Å². The zero-order valence-electron chi connectivity index (χ0n) is 19.9. The van der Waals surface area contributed by atoms with Gasteiger partial charge in [0.2, 0.25) is 0 Å². The van der Waals surface area contributed by atoms with Crippen molar-refractivity contribution in [3.8, 4) is 5.75 Å². The van der Waals surface area contributed by atoms with Crippen molar-refractivity contribution in [1.29, 1.82) is 0 Å². The van der Waals surface area contributed by atoms with Crippen LogP contribution < -0.4 is 14.4 Å². The number of nitrogens with one attached hydrogen (secondary N) is 1. The average molecular weight is 588 g/mol. The summed E-state index contributed by atoms with van der Waals surface area (Å²) in [5.74, 6) is 0.539. The topological polar surface area (TPSA) is 79.0 Å². The number of benzene rings is 3. The van der Waals surface area contributed by atoms with E-state index in [0.29, 0.717) is 43.9 Å². The second-order valence-corrected chi connectivity index (χ2v) is 10.8. The standard InChI is InChI=1S/C25H22Cl2F3N3O4S/c1-37-22-5-3-2-4-21(22)32-10-12-33(13-11-32)24(34)16-6-8-18(9-7-16)31-38(35,36)23-19(26)14-17(15-20(23)27)25(28,29)30/h2-9,14-15,31H,10-13H2,1H3. The molecule has 1 amide bonds. The third-order valence-electron chi connectivity index (χ3n) is 5.97. The fourth-order valence-electron chi connectivity index (χ4n) is 4.09.